The van der Waals surface area contributed by atoms with Gasteiger partial charge in [0.2, 0.25) is 0 Å². The summed E-state index contributed by atoms with van der Waals surface area (Å²) in [5, 5.41) is 10.7. The predicted octanol–water partition coefficient (Wildman–Crippen LogP) is 2.94. The van der Waals surface area contributed by atoms with E-state index in [1.807, 2.05) is 0 Å². The number of anilines is 1. The van der Waals surface area contributed by atoms with Crippen LogP contribution in [0.15, 0.2) is 41.3 Å². The molecule has 0 aliphatic carbocycles. The van der Waals surface area contributed by atoms with E-state index in [1.54, 1.807) is 26.0 Å². The maximum Gasteiger partial charge on any atom is 0.308 e. The van der Waals surface area contributed by atoms with Crippen molar-refractivity contribution in [1.29, 1.82) is 0 Å². The fourth-order valence-electron chi connectivity index (χ4n) is 2.25. The van der Waals surface area contributed by atoms with Crippen LogP contribution in [0.2, 0.25) is 0 Å². The number of non-ortho nitro benzene ring substituents is 1. The Bertz CT molecular complexity index is 913. The molecule has 0 spiro atoms. The molecule has 1 N–H and O–H groups in total. The maximum atomic E-state index is 12.5. The van der Waals surface area contributed by atoms with Gasteiger partial charge in [-0.05, 0) is 49.2 Å². The zero-order valence-corrected chi connectivity index (χ0v) is 14.6. The van der Waals surface area contributed by atoms with Crippen LogP contribution in [0, 0.1) is 24.0 Å². The van der Waals surface area contributed by atoms with E-state index in [9.17, 15) is 23.3 Å². The average molecular weight is 364 g/mol. The highest BCUT2D eigenvalue weighted by Gasteiger charge is 2.18. The van der Waals surface area contributed by atoms with Crippen LogP contribution in [0.3, 0.4) is 0 Å². The number of hydrogen-bond donors (Lipinski definition) is 1. The molecular formula is C16H16N2O6S. The largest absolute Gasteiger partial charge is 0.427 e. The first kappa shape index (κ1) is 18.4. The van der Waals surface area contributed by atoms with Gasteiger partial charge < -0.3 is 4.74 Å². The normalized spacial score (nSPS) is 11.0. The van der Waals surface area contributed by atoms with Crippen molar-refractivity contribution in [3.63, 3.8) is 0 Å². The molecule has 132 valence electrons. The smallest absolute Gasteiger partial charge is 0.308 e. The molecule has 0 aliphatic rings. The Balaban J connectivity index is 2.34. The van der Waals surface area contributed by atoms with Crippen molar-refractivity contribution in [2.24, 2.45) is 0 Å². The summed E-state index contributed by atoms with van der Waals surface area (Å²) in [6.45, 7) is 4.62. The number of esters is 1. The summed E-state index contributed by atoms with van der Waals surface area (Å²) in [5.41, 5.74) is 1.30. The molecule has 0 unspecified atom stereocenters. The van der Waals surface area contributed by atoms with Gasteiger partial charge in [0.25, 0.3) is 15.7 Å². The summed E-state index contributed by atoms with van der Waals surface area (Å²) in [6.07, 6.45) is 0. The summed E-state index contributed by atoms with van der Waals surface area (Å²) in [4.78, 5) is 21.0. The molecule has 0 heterocycles. The van der Waals surface area contributed by atoms with E-state index in [4.69, 9.17) is 4.74 Å². The molecule has 0 atom stereocenters. The van der Waals surface area contributed by atoms with Gasteiger partial charge in [0.1, 0.15) is 5.75 Å². The molecule has 2 rings (SSSR count). The molecule has 25 heavy (non-hydrogen) atoms. The van der Waals surface area contributed by atoms with Crippen molar-refractivity contribution in [3.05, 3.63) is 57.6 Å². The SMILES string of the molecule is CC(=O)Oc1cc(C)c(NS(=O)(=O)c2ccc([N+](=O)[O-])cc2)c(C)c1. The monoisotopic (exact) mass is 364 g/mol. The number of carbonyl (C=O) groups is 1. The first-order valence-electron chi connectivity index (χ1n) is 7.17. The van der Waals surface area contributed by atoms with E-state index in [0.717, 1.165) is 12.1 Å². The van der Waals surface area contributed by atoms with E-state index in [-0.39, 0.29) is 10.6 Å². The number of hydrogen-bond acceptors (Lipinski definition) is 6. The molecule has 9 heteroatoms. The van der Waals surface area contributed by atoms with Crippen LogP contribution in [0.4, 0.5) is 11.4 Å². The number of sulfonamides is 1. The van der Waals surface area contributed by atoms with E-state index < -0.39 is 20.9 Å². The van der Waals surface area contributed by atoms with Crippen molar-refractivity contribution in [3.8, 4) is 5.75 Å². The highest BCUT2D eigenvalue weighted by molar-refractivity contribution is 7.92. The molecular weight excluding hydrogens is 348 g/mol. The van der Waals surface area contributed by atoms with Crippen molar-refractivity contribution in [2.45, 2.75) is 25.7 Å². The van der Waals surface area contributed by atoms with Gasteiger partial charge in [0.05, 0.1) is 15.5 Å². The number of nitrogens with one attached hydrogen (secondary N) is 1. The molecule has 0 aromatic heterocycles. The van der Waals surface area contributed by atoms with E-state index in [2.05, 4.69) is 4.72 Å². The van der Waals surface area contributed by atoms with Crippen LogP contribution in [-0.4, -0.2) is 19.3 Å². The average Bonchev–Trinajstić information content (AvgIpc) is 2.50. The first-order chi connectivity index (χ1) is 11.6. The van der Waals surface area contributed by atoms with Crippen molar-refractivity contribution in [1.82, 2.24) is 0 Å². The third-order valence-electron chi connectivity index (χ3n) is 3.36. The number of rotatable bonds is 5. The lowest BCUT2D eigenvalue weighted by atomic mass is 10.1. The number of nitro benzene ring substituents is 1. The molecule has 0 saturated heterocycles. The molecule has 0 fully saturated rings. The number of nitrogens with zero attached hydrogens (tertiary/aromatic N) is 1. The Morgan fingerprint density at radius 3 is 2.08 bits per heavy atom. The van der Waals surface area contributed by atoms with Gasteiger partial charge >= 0.3 is 5.97 Å². The quantitative estimate of drug-likeness (QED) is 0.377. The Kier molecular flexibility index (Phi) is 5.07. The molecule has 8 nitrogen and oxygen atoms in total. The topological polar surface area (TPSA) is 116 Å². The molecule has 0 amide bonds. The van der Waals surface area contributed by atoms with Crippen LogP contribution in [-0.2, 0) is 14.8 Å². The standard InChI is InChI=1S/C16H16N2O6S/c1-10-8-14(24-12(3)19)9-11(2)16(10)17-25(22,23)15-6-4-13(5-7-15)18(20)21/h4-9,17H,1-3H3. The Morgan fingerprint density at radius 1 is 1.12 bits per heavy atom. The Labute approximate surface area is 144 Å². The molecule has 0 radical (unpaired) electrons. The second-order valence-electron chi connectivity index (χ2n) is 5.38. The summed E-state index contributed by atoms with van der Waals surface area (Å²) in [7, 11) is -3.92. The van der Waals surface area contributed by atoms with Crippen LogP contribution < -0.4 is 9.46 Å². The summed E-state index contributed by atoms with van der Waals surface area (Å²) >= 11 is 0. The van der Waals surface area contributed by atoms with Crippen LogP contribution in [0.5, 0.6) is 5.75 Å². The number of carbonyl (C=O) groups excluding carboxylic acids is 1. The minimum atomic E-state index is -3.92. The van der Waals surface area contributed by atoms with Gasteiger partial charge in [-0.15, -0.1) is 0 Å². The summed E-state index contributed by atoms with van der Waals surface area (Å²) in [6, 6.07) is 7.66. The van der Waals surface area contributed by atoms with Gasteiger partial charge in [0, 0.05) is 19.1 Å². The molecule has 2 aromatic carbocycles. The summed E-state index contributed by atoms with van der Waals surface area (Å²) in [5.74, 6) is -0.154. The Morgan fingerprint density at radius 2 is 1.64 bits per heavy atom. The van der Waals surface area contributed by atoms with E-state index >= 15 is 0 Å². The van der Waals surface area contributed by atoms with Gasteiger partial charge in [-0.3, -0.25) is 19.6 Å². The van der Waals surface area contributed by atoms with Crippen molar-refractivity contribution < 1.29 is 22.9 Å². The van der Waals surface area contributed by atoms with Crippen LogP contribution >= 0.6 is 0 Å². The lowest BCUT2D eigenvalue weighted by Gasteiger charge is -2.15. The van der Waals surface area contributed by atoms with Gasteiger partial charge in [0.15, 0.2) is 0 Å². The number of nitro groups is 1. The number of aryl methyl sites for hydroxylation is 2. The fourth-order valence-corrected chi connectivity index (χ4v) is 3.45. The number of benzene rings is 2. The van der Waals surface area contributed by atoms with Crippen molar-refractivity contribution in [2.75, 3.05) is 4.72 Å². The highest BCUT2D eigenvalue weighted by atomic mass is 32.2. The second kappa shape index (κ2) is 6.89. The first-order valence-corrected chi connectivity index (χ1v) is 8.65. The Hall–Kier alpha value is -2.94. The van der Waals surface area contributed by atoms with Crippen molar-refractivity contribution >= 4 is 27.4 Å². The zero-order valence-electron chi connectivity index (χ0n) is 13.8. The minimum absolute atomic E-state index is 0.0963. The molecule has 2 aromatic rings. The third-order valence-corrected chi connectivity index (χ3v) is 4.73. The van der Waals surface area contributed by atoms with Gasteiger partial charge in [-0.1, -0.05) is 0 Å². The second-order valence-corrected chi connectivity index (χ2v) is 7.06. The van der Waals surface area contributed by atoms with E-state index in [0.29, 0.717) is 22.6 Å². The van der Waals surface area contributed by atoms with Gasteiger partial charge in [-0.25, -0.2) is 8.42 Å². The fraction of sp³-hybridized carbons (Fsp3) is 0.188. The third kappa shape index (κ3) is 4.32. The molecule has 0 bridgehead atoms. The maximum absolute atomic E-state index is 12.5. The van der Waals surface area contributed by atoms with E-state index in [1.165, 1.54) is 19.1 Å². The zero-order chi connectivity index (χ0) is 18.8. The molecule has 0 saturated carbocycles. The lowest BCUT2D eigenvalue weighted by Crippen LogP contribution is -2.15. The molecule has 0 aliphatic heterocycles. The van der Waals surface area contributed by atoms with Crippen LogP contribution in [0.1, 0.15) is 18.1 Å². The van der Waals surface area contributed by atoms with Gasteiger partial charge in [-0.2, -0.15) is 0 Å². The highest BCUT2D eigenvalue weighted by Crippen LogP contribution is 2.29. The predicted molar refractivity (Wildman–Crippen MR) is 91.1 cm³/mol. The lowest BCUT2D eigenvalue weighted by molar-refractivity contribution is -0.384. The van der Waals surface area contributed by atoms with Crippen LogP contribution in [0.25, 0.3) is 0 Å². The number of ether oxygens (including phenoxy) is 1. The minimum Gasteiger partial charge on any atom is -0.427 e. The summed E-state index contributed by atoms with van der Waals surface area (Å²) < 4.78 is 32.4.